The zero-order chi connectivity index (χ0) is 22.8. The number of hydrogen-bond donors (Lipinski definition) is 1. The molecule has 1 aliphatic rings. The Kier molecular flexibility index (Phi) is 5.85. The zero-order valence-electron chi connectivity index (χ0n) is 17.2. The molecule has 0 aliphatic carbocycles. The molecule has 1 aromatic heterocycles. The number of nitrogens with one attached hydrogen (secondary N) is 1. The maximum atomic E-state index is 13.8. The van der Waals surface area contributed by atoms with Gasteiger partial charge >= 0.3 is 0 Å². The highest BCUT2D eigenvalue weighted by molar-refractivity contribution is 6.06. The Bertz CT molecular complexity index is 1190. The van der Waals surface area contributed by atoms with Crippen LogP contribution in [0.3, 0.4) is 0 Å². The molecule has 3 aromatic rings. The van der Waals surface area contributed by atoms with Crippen LogP contribution in [0.2, 0.25) is 0 Å². The second-order valence-corrected chi connectivity index (χ2v) is 7.23. The van der Waals surface area contributed by atoms with Crippen LogP contribution in [-0.4, -0.2) is 27.5 Å². The Morgan fingerprint density at radius 1 is 1.16 bits per heavy atom. The monoisotopic (exact) mass is 444 g/mol. The van der Waals surface area contributed by atoms with Gasteiger partial charge in [0, 0.05) is 12.5 Å². The highest BCUT2D eigenvalue weighted by Crippen LogP contribution is 2.24. The molecule has 0 fully saturated rings. The lowest BCUT2D eigenvalue weighted by Crippen LogP contribution is -2.28. The van der Waals surface area contributed by atoms with Crippen molar-refractivity contribution in [3.63, 3.8) is 0 Å². The first-order valence-corrected chi connectivity index (χ1v) is 9.73. The van der Waals surface area contributed by atoms with Crippen molar-refractivity contribution in [1.29, 1.82) is 0 Å². The molecule has 1 atom stereocenters. The summed E-state index contributed by atoms with van der Waals surface area (Å²) in [4.78, 5) is 17.9. The highest BCUT2D eigenvalue weighted by Gasteiger charge is 2.30. The van der Waals surface area contributed by atoms with Gasteiger partial charge in [-0.05, 0) is 43.7 Å². The van der Waals surface area contributed by atoms with Crippen molar-refractivity contribution < 1.29 is 27.5 Å². The maximum Gasteiger partial charge on any atom is 0.268 e. The predicted octanol–water partition coefficient (Wildman–Crippen LogP) is 4.09. The third-order valence-corrected chi connectivity index (χ3v) is 5.00. The van der Waals surface area contributed by atoms with Crippen molar-refractivity contribution in [2.45, 2.75) is 33.1 Å². The van der Waals surface area contributed by atoms with Crippen LogP contribution >= 0.6 is 0 Å². The van der Waals surface area contributed by atoms with Crippen molar-refractivity contribution in [3.05, 3.63) is 76.9 Å². The lowest BCUT2D eigenvalue weighted by Gasteiger charge is -2.11. The summed E-state index contributed by atoms with van der Waals surface area (Å²) in [6.07, 6.45) is -0.613. The topological polar surface area (TPSA) is 77.7 Å². The minimum absolute atomic E-state index is 0.116. The van der Waals surface area contributed by atoms with Crippen molar-refractivity contribution in [2.24, 2.45) is 5.16 Å². The lowest BCUT2D eigenvalue weighted by molar-refractivity contribution is -0.125. The van der Waals surface area contributed by atoms with E-state index in [1.807, 2.05) is 0 Å². The molecule has 166 valence electrons. The smallest absolute Gasteiger partial charge is 0.268 e. The van der Waals surface area contributed by atoms with Crippen LogP contribution in [0.5, 0.6) is 5.75 Å². The molecule has 1 amide bonds. The summed E-state index contributed by atoms with van der Waals surface area (Å²) >= 11 is 0. The molecule has 1 N–H and O–H groups in total. The molecule has 7 nitrogen and oxygen atoms in total. The average molecular weight is 444 g/mol. The van der Waals surface area contributed by atoms with E-state index in [9.17, 15) is 18.0 Å². The number of amides is 1. The summed E-state index contributed by atoms with van der Waals surface area (Å²) < 4.78 is 46.7. The minimum Gasteiger partial charge on any atom is -0.468 e. The molecule has 10 heteroatoms. The molecular weight excluding hydrogens is 425 g/mol. The van der Waals surface area contributed by atoms with E-state index >= 15 is 0 Å². The fourth-order valence-corrected chi connectivity index (χ4v) is 3.26. The lowest BCUT2D eigenvalue weighted by atomic mass is 10.0. The molecule has 1 unspecified atom stereocenters. The normalized spacial score (nSPS) is 15.3. The number of nitrogens with zero attached hydrogens (tertiary/aromatic N) is 3. The summed E-state index contributed by atoms with van der Waals surface area (Å²) in [6.45, 7) is 3.28. The Morgan fingerprint density at radius 3 is 2.59 bits per heavy atom. The number of carbonyl (C=O) groups excluding carboxylic acids is 1. The Labute approximate surface area is 181 Å². The quantitative estimate of drug-likeness (QED) is 0.622. The maximum absolute atomic E-state index is 13.8. The van der Waals surface area contributed by atoms with Gasteiger partial charge in [0.05, 0.1) is 22.8 Å². The summed E-state index contributed by atoms with van der Waals surface area (Å²) in [5.74, 6) is -2.42. The van der Waals surface area contributed by atoms with Crippen LogP contribution < -0.4 is 10.1 Å². The third-order valence-electron chi connectivity index (χ3n) is 5.00. The first-order valence-electron chi connectivity index (χ1n) is 9.73. The van der Waals surface area contributed by atoms with Crippen LogP contribution in [0.25, 0.3) is 0 Å². The molecule has 0 radical (unpaired) electrons. The molecule has 0 spiro atoms. The van der Waals surface area contributed by atoms with Gasteiger partial charge in [0.15, 0.2) is 18.3 Å². The molecule has 2 aromatic carbocycles. The Morgan fingerprint density at radius 2 is 1.88 bits per heavy atom. The molecular formula is C22H19F3N4O3. The summed E-state index contributed by atoms with van der Waals surface area (Å²) in [5, 5.41) is 11.0. The SMILES string of the molecule is Cc1nn(COc2ccc(F)cc2F)c(C)c1NC(=O)C1CC(c2ccc(F)cc2)=NO1. The van der Waals surface area contributed by atoms with E-state index < -0.39 is 23.6 Å². The fourth-order valence-electron chi connectivity index (χ4n) is 3.26. The van der Waals surface area contributed by atoms with E-state index in [1.165, 1.54) is 22.9 Å². The number of aryl methyl sites for hydroxylation is 1. The largest absolute Gasteiger partial charge is 0.468 e. The van der Waals surface area contributed by atoms with Crippen LogP contribution in [-0.2, 0) is 16.4 Å². The van der Waals surface area contributed by atoms with Gasteiger partial charge in [0.2, 0.25) is 6.10 Å². The molecule has 1 aliphatic heterocycles. The standard InChI is InChI=1S/C22H19F3N4O3/c1-12-21(13(2)29(27-12)11-31-19-8-7-16(24)9-17(19)25)26-22(30)20-10-18(28-32-20)14-3-5-15(23)6-4-14/h3-9,20H,10-11H2,1-2H3,(H,26,30). The number of carbonyl (C=O) groups is 1. The van der Waals surface area contributed by atoms with Crippen molar-refractivity contribution in [2.75, 3.05) is 5.32 Å². The first kappa shape index (κ1) is 21.4. The van der Waals surface area contributed by atoms with Crippen LogP contribution in [0.15, 0.2) is 47.6 Å². The van der Waals surface area contributed by atoms with E-state index in [-0.39, 0.29) is 24.7 Å². The highest BCUT2D eigenvalue weighted by atomic mass is 19.1. The average Bonchev–Trinajstić information content (AvgIpc) is 3.35. The fraction of sp³-hybridized carbons (Fsp3) is 0.227. The van der Waals surface area contributed by atoms with Crippen LogP contribution in [0, 0.1) is 31.3 Å². The van der Waals surface area contributed by atoms with E-state index in [0.29, 0.717) is 28.4 Å². The Balaban J connectivity index is 1.40. The van der Waals surface area contributed by atoms with E-state index in [1.54, 1.807) is 26.0 Å². The second-order valence-electron chi connectivity index (χ2n) is 7.23. The minimum atomic E-state index is -0.846. The van der Waals surface area contributed by atoms with E-state index in [2.05, 4.69) is 15.6 Å². The first-order chi connectivity index (χ1) is 15.3. The Hall–Kier alpha value is -3.82. The van der Waals surface area contributed by atoms with Gasteiger partial charge in [0.1, 0.15) is 11.6 Å². The van der Waals surface area contributed by atoms with Crippen LogP contribution in [0.1, 0.15) is 23.4 Å². The molecule has 0 saturated heterocycles. The number of anilines is 1. The van der Waals surface area contributed by atoms with Crippen molar-refractivity contribution in [1.82, 2.24) is 9.78 Å². The molecule has 0 bridgehead atoms. The van der Waals surface area contributed by atoms with Crippen molar-refractivity contribution in [3.8, 4) is 5.75 Å². The number of aromatic nitrogens is 2. The molecule has 4 rings (SSSR count). The summed E-state index contributed by atoms with van der Waals surface area (Å²) in [6, 6.07) is 8.77. The van der Waals surface area contributed by atoms with Gasteiger partial charge in [-0.2, -0.15) is 5.10 Å². The summed E-state index contributed by atoms with van der Waals surface area (Å²) in [5.41, 5.74) is 2.79. The number of oxime groups is 1. The molecule has 32 heavy (non-hydrogen) atoms. The van der Waals surface area contributed by atoms with Crippen LogP contribution in [0.4, 0.5) is 18.9 Å². The van der Waals surface area contributed by atoms with E-state index in [0.717, 1.165) is 12.1 Å². The van der Waals surface area contributed by atoms with Gasteiger partial charge in [-0.3, -0.25) is 4.79 Å². The second kappa shape index (κ2) is 8.74. The number of rotatable bonds is 6. The summed E-state index contributed by atoms with van der Waals surface area (Å²) in [7, 11) is 0. The van der Waals surface area contributed by atoms with Gasteiger partial charge in [0.25, 0.3) is 5.91 Å². The van der Waals surface area contributed by atoms with Crippen molar-refractivity contribution >= 4 is 17.3 Å². The molecule has 0 saturated carbocycles. The van der Waals surface area contributed by atoms with Gasteiger partial charge < -0.3 is 14.9 Å². The number of halogens is 3. The van der Waals surface area contributed by atoms with Gasteiger partial charge in [-0.1, -0.05) is 17.3 Å². The van der Waals surface area contributed by atoms with E-state index in [4.69, 9.17) is 9.57 Å². The number of benzene rings is 2. The van der Waals surface area contributed by atoms with Gasteiger partial charge in [-0.15, -0.1) is 0 Å². The van der Waals surface area contributed by atoms with Gasteiger partial charge in [-0.25, -0.2) is 17.9 Å². The number of ether oxygens (including phenoxy) is 1. The third kappa shape index (κ3) is 4.43. The number of hydrogen-bond acceptors (Lipinski definition) is 5. The molecule has 2 heterocycles. The zero-order valence-corrected chi connectivity index (χ0v) is 17.2. The predicted molar refractivity (Wildman–Crippen MR) is 110 cm³/mol.